The number of rotatable bonds is 12. The van der Waals surface area contributed by atoms with E-state index in [4.69, 9.17) is 10.3 Å². The summed E-state index contributed by atoms with van der Waals surface area (Å²) in [6.07, 6.45) is 4.13. The van der Waals surface area contributed by atoms with Crippen molar-refractivity contribution in [3.8, 4) is 0 Å². The van der Waals surface area contributed by atoms with E-state index >= 15 is 0 Å². The topological polar surface area (TPSA) is 102 Å². The first kappa shape index (κ1) is 25.0. The van der Waals surface area contributed by atoms with Crippen molar-refractivity contribution >= 4 is 17.5 Å². The minimum absolute atomic E-state index is 0.0132. The van der Waals surface area contributed by atoms with Crippen LogP contribution in [0.4, 0.5) is 5.69 Å². The van der Waals surface area contributed by atoms with Crippen molar-refractivity contribution in [2.24, 2.45) is 0 Å². The van der Waals surface area contributed by atoms with Gasteiger partial charge in [-0.05, 0) is 38.1 Å². The smallest absolute Gasteiger partial charge is 0.243 e. The third-order valence-corrected chi connectivity index (χ3v) is 4.05. The fraction of sp³-hybridized carbons (Fsp3) is 0.600. The van der Waals surface area contributed by atoms with E-state index in [9.17, 15) is 9.59 Å². The molecule has 2 amide bonds. The van der Waals surface area contributed by atoms with Crippen molar-refractivity contribution in [3.05, 3.63) is 30.3 Å². The molecule has 0 atom stereocenters. The molecule has 0 radical (unpaired) electrons. The summed E-state index contributed by atoms with van der Waals surface area (Å²) in [5.41, 5.74) is 2.41. The Morgan fingerprint density at radius 3 is 1.93 bits per heavy atom. The number of hydroxylamine groups is 1. The average molecular weight is 382 g/mol. The van der Waals surface area contributed by atoms with Gasteiger partial charge >= 0.3 is 0 Å². The Kier molecular flexibility index (Phi) is 16.2. The predicted molar refractivity (Wildman–Crippen MR) is 108 cm³/mol. The van der Waals surface area contributed by atoms with Gasteiger partial charge in [-0.3, -0.25) is 14.8 Å². The SMILES string of the molecule is CCN(CC)CCO.O=C(CCCCCCC(=O)Nc1ccccc1)NO. The number of carbonyl (C=O) groups excluding carboxylic acids is 2. The second kappa shape index (κ2) is 17.5. The first-order valence-electron chi connectivity index (χ1n) is 9.68. The molecule has 0 unspecified atom stereocenters. The standard InChI is InChI=1S/C14H20N2O3.C6H15NO/c17-13(15-12-8-4-3-5-9-12)10-6-1-2-7-11-14(18)16-19;1-3-7(4-2)5-6-8/h3-5,8-9,19H,1-2,6-7,10-11H2,(H,15,17)(H,16,18);8H,3-6H2,1-2H3. The number of aliphatic hydroxyl groups is 1. The van der Waals surface area contributed by atoms with E-state index in [1.54, 1.807) is 5.48 Å². The van der Waals surface area contributed by atoms with Gasteiger partial charge in [-0.2, -0.15) is 0 Å². The Balaban J connectivity index is 0.000000713. The highest BCUT2D eigenvalue weighted by Gasteiger charge is 2.02. The molecule has 154 valence electrons. The van der Waals surface area contributed by atoms with Crippen LogP contribution in [0.2, 0.25) is 0 Å². The summed E-state index contributed by atoms with van der Waals surface area (Å²) in [6, 6.07) is 9.36. The number of para-hydroxylation sites is 1. The van der Waals surface area contributed by atoms with Crippen molar-refractivity contribution in [2.45, 2.75) is 52.4 Å². The molecule has 0 aromatic heterocycles. The van der Waals surface area contributed by atoms with Crippen LogP contribution in [0, 0.1) is 0 Å². The van der Waals surface area contributed by atoms with E-state index in [1.807, 2.05) is 30.3 Å². The molecule has 0 heterocycles. The van der Waals surface area contributed by atoms with Crippen LogP contribution >= 0.6 is 0 Å². The van der Waals surface area contributed by atoms with Gasteiger partial charge in [0.15, 0.2) is 0 Å². The Hall–Kier alpha value is -1.96. The van der Waals surface area contributed by atoms with Crippen LogP contribution in [0.15, 0.2) is 30.3 Å². The average Bonchev–Trinajstić information content (AvgIpc) is 2.69. The zero-order chi connectivity index (χ0) is 20.3. The minimum Gasteiger partial charge on any atom is -0.395 e. The molecule has 0 saturated heterocycles. The lowest BCUT2D eigenvalue weighted by Gasteiger charge is -2.15. The van der Waals surface area contributed by atoms with Gasteiger partial charge in [0.25, 0.3) is 0 Å². The lowest BCUT2D eigenvalue weighted by Crippen LogP contribution is -2.25. The molecule has 0 aliphatic carbocycles. The Bertz CT molecular complexity index is 493. The molecule has 0 bridgehead atoms. The number of hydrogen-bond acceptors (Lipinski definition) is 5. The Labute approximate surface area is 162 Å². The fourth-order valence-corrected chi connectivity index (χ4v) is 2.41. The summed E-state index contributed by atoms with van der Waals surface area (Å²) in [5.74, 6) is -0.346. The molecule has 0 aliphatic heterocycles. The monoisotopic (exact) mass is 381 g/mol. The summed E-state index contributed by atoms with van der Waals surface area (Å²) < 4.78 is 0. The number of carbonyl (C=O) groups is 2. The lowest BCUT2D eigenvalue weighted by molar-refractivity contribution is -0.129. The van der Waals surface area contributed by atoms with Crippen LogP contribution in [0.3, 0.4) is 0 Å². The van der Waals surface area contributed by atoms with Gasteiger partial charge in [-0.15, -0.1) is 0 Å². The highest BCUT2D eigenvalue weighted by molar-refractivity contribution is 5.90. The Morgan fingerprint density at radius 1 is 0.926 bits per heavy atom. The molecule has 0 saturated carbocycles. The molecule has 0 aliphatic rings. The first-order chi connectivity index (χ1) is 13.1. The summed E-state index contributed by atoms with van der Waals surface area (Å²) >= 11 is 0. The predicted octanol–water partition coefficient (Wildman–Crippen LogP) is 2.79. The molecule has 7 nitrogen and oxygen atoms in total. The van der Waals surface area contributed by atoms with Gasteiger partial charge in [0.05, 0.1) is 6.61 Å². The van der Waals surface area contributed by atoms with Crippen molar-refractivity contribution in [1.82, 2.24) is 10.4 Å². The van der Waals surface area contributed by atoms with Gasteiger partial charge in [0, 0.05) is 25.1 Å². The third-order valence-electron chi connectivity index (χ3n) is 4.05. The molecule has 4 N–H and O–H groups in total. The number of aliphatic hydroxyl groups excluding tert-OH is 1. The van der Waals surface area contributed by atoms with Crippen molar-refractivity contribution in [1.29, 1.82) is 0 Å². The van der Waals surface area contributed by atoms with Crippen molar-refractivity contribution < 1.29 is 19.9 Å². The largest absolute Gasteiger partial charge is 0.395 e. The third kappa shape index (κ3) is 14.9. The summed E-state index contributed by atoms with van der Waals surface area (Å²) in [6.45, 7) is 7.36. The van der Waals surface area contributed by atoms with Crippen LogP contribution in [-0.2, 0) is 9.59 Å². The van der Waals surface area contributed by atoms with Crippen LogP contribution in [0.5, 0.6) is 0 Å². The lowest BCUT2D eigenvalue weighted by atomic mass is 10.1. The fourth-order valence-electron chi connectivity index (χ4n) is 2.41. The maximum Gasteiger partial charge on any atom is 0.243 e. The Morgan fingerprint density at radius 2 is 1.48 bits per heavy atom. The number of nitrogens with zero attached hydrogens (tertiary/aromatic N) is 1. The first-order valence-corrected chi connectivity index (χ1v) is 9.68. The molecule has 1 rings (SSSR count). The van der Waals surface area contributed by atoms with E-state index in [2.05, 4.69) is 24.1 Å². The van der Waals surface area contributed by atoms with Gasteiger partial charge in [-0.1, -0.05) is 44.9 Å². The quantitative estimate of drug-likeness (QED) is 0.253. The molecule has 0 spiro atoms. The summed E-state index contributed by atoms with van der Waals surface area (Å²) in [7, 11) is 0. The van der Waals surface area contributed by atoms with Crippen LogP contribution in [0.1, 0.15) is 52.4 Å². The van der Waals surface area contributed by atoms with Gasteiger partial charge in [0.2, 0.25) is 11.8 Å². The normalized spacial score (nSPS) is 10.1. The zero-order valence-corrected chi connectivity index (χ0v) is 16.6. The van der Waals surface area contributed by atoms with Crippen LogP contribution < -0.4 is 10.8 Å². The van der Waals surface area contributed by atoms with E-state index in [-0.39, 0.29) is 18.4 Å². The van der Waals surface area contributed by atoms with Crippen molar-refractivity contribution in [3.63, 3.8) is 0 Å². The van der Waals surface area contributed by atoms with Crippen LogP contribution in [-0.4, -0.2) is 53.3 Å². The van der Waals surface area contributed by atoms with Crippen molar-refractivity contribution in [2.75, 3.05) is 31.6 Å². The number of hydrogen-bond donors (Lipinski definition) is 4. The van der Waals surface area contributed by atoms with E-state index in [1.165, 1.54) is 0 Å². The second-order valence-corrected chi connectivity index (χ2v) is 6.11. The molecule has 7 heteroatoms. The molecular formula is C20H35N3O4. The number of benzene rings is 1. The highest BCUT2D eigenvalue weighted by atomic mass is 16.5. The van der Waals surface area contributed by atoms with Gasteiger partial charge < -0.3 is 15.3 Å². The maximum atomic E-state index is 11.6. The van der Waals surface area contributed by atoms with Gasteiger partial charge in [0.1, 0.15) is 0 Å². The second-order valence-electron chi connectivity index (χ2n) is 6.11. The number of likely N-dealkylation sites (N-methyl/N-ethyl adjacent to an activating group) is 1. The molecule has 1 aromatic carbocycles. The highest BCUT2D eigenvalue weighted by Crippen LogP contribution is 2.09. The number of unbranched alkanes of at least 4 members (excludes halogenated alkanes) is 3. The minimum atomic E-state index is -0.359. The zero-order valence-electron chi connectivity index (χ0n) is 16.6. The summed E-state index contributed by atoms with van der Waals surface area (Å²) in [4.78, 5) is 24.5. The van der Waals surface area contributed by atoms with E-state index in [0.717, 1.165) is 51.0 Å². The molecule has 1 aromatic rings. The maximum absolute atomic E-state index is 11.6. The van der Waals surface area contributed by atoms with E-state index < -0.39 is 0 Å². The number of amides is 2. The summed E-state index contributed by atoms with van der Waals surface area (Å²) in [5, 5.41) is 19.6. The van der Waals surface area contributed by atoms with Crippen LogP contribution in [0.25, 0.3) is 0 Å². The van der Waals surface area contributed by atoms with Gasteiger partial charge in [-0.25, -0.2) is 5.48 Å². The van der Waals surface area contributed by atoms with E-state index in [0.29, 0.717) is 12.8 Å². The number of anilines is 1. The molecule has 27 heavy (non-hydrogen) atoms. The molecular weight excluding hydrogens is 346 g/mol. The molecule has 0 fully saturated rings. The number of nitrogens with one attached hydrogen (secondary N) is 2.